The van der Waals surface area contributed by atoms with Gasteiger partial charge in [-0.3, -0.25) is 9.69 Å². The highest BCUT2D eigenvalue weighted by atomic mass is 35.5. The molecule has 7 nitrogen and oxygen atoms in total. The van der Waals surface area contributed by atoms with Crippen molar-refractivity contribution in [1.29, 1.82) is 0 Å². The highest BCUT2D eigenvalue weighted by molar-refractivity contribution is 7.87. The van der Waals surface area contributed by atoms with Gasteiger partial charge in [0, 0.05) is 44.2 Å². The van der Waals surface area contributed by atoms with Gasteiger partial charge in [0.2, 0.25) is 0 Å². The summed E-state index contributed by atoms with van der Waals surface area (Å²) in [5.74, 6) is -1.85. The Hall–Kier alpha value is -2.11. The largest absolute Gasteiger partial charge is 0.375 e. The van der Waals surface area contributed by atoms with E-state index < -0.39 is 21.9 Å². The Morgan fingerprint density at radius 2 is 1.89 bits per heavy atom. The van der Waals surface area contributed by atoms with Gasteiger partial charge in [0.25, 0.3) is 5.91 Å². The van der Waals surface area contributed by atoms with Crippen molar-refractivity contribution in [1.82, 2.24) is 13.9 Å². The van der Waals surface area contributed by atoms with Gasteiger partial charge in [0.05, 0.1) is 18.3 Å². The van der Waals surface area contributed by atoms with Crippen LogP contribution in [0.5, 0.6) is 0 Å². The quantitative estimate of drug-likeness (QED) is 0.554. The van der Waals surface area contributed by atoms with Crippen molar-refractivity contribution >= 4 is 27.7 Å². The third-order valence-corrected chi connectivity index (χ3v) is 8.79. The van der Waals surface area contributed by atoms with Crippen molar-refractivity contribution in [3.8, 4) is 0 Å². The fourth-order valence-electron chi connectivity index (χ4n) is 4.70. The number of ether oxygens (including phenoxy) is 1. The molecular weight excluding hydrogens is 512 g/mol. The minimum absolute atomic E-state index is 0.146. The lowest BCUT2D eigenvalue weighted by Gasteiger charge is -2.33. The molecule has 1 N–H and O–H groups in total. The van der Waals surface area contributed by atoms with E-state index in [0.717, 1.165) is 40.3 Å². The van der Waals surface area contributed by atoms with E-state index in [1.54, 1.807) is 6.07 Å². The van der Waals surface area contributed by atoms with Crippen LogP contribution in [0.25, 0.3) is 0 Å². The second kappa shape index (κ2) is 10.3. The Morgan fingerprint density at radius 3 is 2.56 bits per heavy atom. The lowest BCUT2D eigenvalue weighted by molar-refractivity contribution is -0.0305. The minimum Gasteiger partial charge on any atom is -0.375 e. The molecule has 3 aliphatic rings. The van der Waals surface area contributed by atoms with Crippen LogP contribution in [0, 0.1) is 11.6 Å². The van der Waals surface area contributed by atoms with Gasteiger partial charge in [-0.25, -0.2) is 13.5 Å². The van der Waals surface area contributed by atoms with E-state index in [9.17, 15) is 17.6 Å². The number of nitrogens with zero attached hydrogens (tertiary/aromatic N) is 2. The maximum atomic E-state index is 15.1. The van der Waals surface area contributed by atoms with Gasteiger partial charge >= 0.3 is 10.2 Å². The molecule has 36 heavy (non-hydrogen) atoms. The molecule has 11 heteroatoms. The predicted molar refractivity (Wildman–Crippen MR) is 131 cm³/mol. The average molecular weight is 540 g/mol. The summed E-state index contributed by atoms with van der Waals surface area (Å²) in [6, 6.07) is 7.19. The first-order valence-corrected chi connectivity index (χ1v) is 13.9. The summed E-state index contributed by atoms with van der Waals surface area (Å²) in [5.41, 5.74) is 2.22. The summed E-state index contributed by atoms with van der Waals surface area (Å²) >= 11 is 6.18. The van der Waals surface area contributed by atoms with Gasteiger partial charge < -0.3 is 4.74 Å². The zero-order chi connectivity index (χ0) is 25.4. The molecule has 1 saturated carbocycles. The van der Waals surface area contributed by atoms with E-state index in [1.807, 2.05) is 4.72 Å². The van der Waals surface area contributed by atoms with Crippen molar-refractivity contribution < 1.29 is 26.7 Å². The van der Waals surface area contributed by atoms with Crippen LogP contribution in [0.2, 0.25) is 5.02 Å². The van der Waals surface area contributed by atoms with Crippen molar-refractivity contribution in [2.24, 2.45) is 0 Å². The van der Waals surface area contributed by atoms with Crippen LogP contribution in [-0.4, -0.2) is 62.4 Å². The number of amides is 1. The smallest absolute Gasteiger partial charge is 0.304 e. The van der Waals surface area contributed by atoms with Crippen molar-refractivity contribution in [3.05, 3.63) is 69.2 Å². The number of hydrogen-bond donors (Lipinski definition) is 1. The number of carbonyl (C=O) groups excluding carboxylic acids is 1. The first-order valence-electron chi connectivity index (χ1n) is 12.1. The van der Waals surface area contributed by atoms with Gasteiger partial charge in [0.1, 0.15) is 11.6 Å². The Kier molecular flexibility index (Phi) is 7.33. The Bertz CT molecular complexity index is 1270. The maximum Gasteiger partial charge on any atom is 0.304 e. The molecule has 0 radical (unpaired) electrons. The molecule has 2 aliphatic heterocycles. The topological polar surface area (TPSA) is 79.0 Å². The van der Waals surface area contributed by atoms with Gasteiger partial charge in [-0.1, -0.05) is 17.7 Å². The van der Waals surface area contributed by atoms with E-state index in [1.165, 1.54) is 24.3 Å². The van der Waals surface area contributed by atoms with Crippen LogP contribution >= 0.6 is 11.6 Å². The number of carbonyl (C=O) groups is 1. The first kappa shape index (κ1) is 25.5. The van der Waals surface area contributed by atoms with Crippen LogP contribution in [-0.2, 0) is 27.9 Å². The minimum atomic E-state index is -3.96. The molecular formula is C25H28ClF2N3O4S. The second-order valence-electron chi connectivity index (χ2n) is 9.66. The van der Waals surface area contributed by atoms with Gasteiger partial charge in [0.15, 0.2) is 0 Å². The van der Waals surface area contributed by atoms with Crippen LogP contribution in [0.4, 0.5) is 8.78 Å². The number of rotatable bonds is 8. The third kappa shape index (κ3) is 5.73. The highest BCUT2D eigenvalue weighted by Gasteiger charge is 2.33. The van der Waals surface area contributed by atoms with Crippen LogP contribution < -0.4 is 4.72 Å². The second-order valence-corrected chi connectivity index (χ2v) is 11.7. The average Bonchev–Trinajstić information content (AvgIpc) is 3.59. The summed E-state index contributed by atoms with van der Waals surface area (Å²) in [6.07, 6.45) is 3.02. The molecule has 0 bridgehead atoms. The summed E-state index contributed by atoms with van der Waals surface area (Å²) in [7, 11) is -3.96. The standard InChI is InChI=1S/C25H28ClF2N3O4S/c26-23-12-19(27)5-4-17(23)10-20-15-30(8-9-35-20)14-18-11-24(28)22(13-21(18)16-2-3-16)25(32)29-36(33,34)31-6-1-7-31/h4-5,11-13,16,20H,1-3,6-10,14-15H2,(H,29,32)/t20-/m1/s1. The molecule has 1 aliphatic carbocycles. The van der Waals surface area contributed by atoms with Gasteiger partial charge in [-0.05, 0) is 66.1 Å². The molecule has 1 amide bonds. The van der Waals surface area contributed by atoms with E-state index in [4.69, 9.17) is 16.3 Å². The van der Waals surface area contributed by atoms with Crippen molar-refractivity contribution in [3.63, 3.8) is 0 Å². The molecule has 2 heterocycles. The summed E-state index contributed by atoms with van der Waals surface area (Å²) in [4.78, 5) is 14.8. The van der Waals surface area contributed by atoms with E-state index in [0.29, 0.717) is 50.8 Å². The number of hydrogen-bond acceptors (Lipinski definition) is 5. The molecule has 5 rings (SSSR count). The zero-order valence-corrected chi connectivity index (χ0v) is 21.3. The monoisotopic (exact) mass is 539 g/mol. The first-order chi connectivity index (χ1) is 17.2. The van der Waals surface area contributed by atoms with Gasteiger partial charge in [-0.15, -0.1) is 0 Å². The van der Waals surface area contributed by atoms with Crippen LogP contribution in [0.15, 0.2) is 30.3 Å². The summed E-state index contributed by atoms with van der Waals surface area (Å²) in [5, 5.41) is 0.360. The van der Waals surface area contributed by atoms with Crippen molar-refractivity contribution in [2.45, 2.75) is 44.2 Å². The number of morpholine rings is 1. The number of nitrogens with one attached hydrogen (secondary N) is 1. The fraction of sp³-hybridized carbons (Fsp3) is 0.480. The SMILES string of the molecule is O=C(NS(=O)(=O)N1CCC1)c1cc(C2CC2)c(CN2CCO[C@H](Cc3ccc(F)cc3Cl)C2)cc1F. The number of halogens is 3. The zero-order valence-electron chi connectivity index (χ0n) is 19.7. The summed E-state index contributed by atoms with van der Waals surface area (Å²) in [6.45, 7) is 2.94. The van der Waals surface area contributed by atoms with Crippen molar-refractivity contribution in [2.75, 3.05) is 32.8 Å². The maximum absolute atomic E-state index is 15.1. The Labute approximate surface area is 214 Å². The lowest BCUT2D eigenvalue weighted by atomic mass is 9.98. The van der Waals surface area contributed by atoms with E-state index in [-0.39, 0.29) is 23.4 Å². The molecule has 0 unspecified atom stereocenters. The third-order valence-electron chi connectivity index (χ3n) is 6.95. The molecule has 194 valence electrons. The molecule has 2 aromatic rings. The van der Waals surface area contributed by atoms with E-state index in [2.05, 4.69) is 4.90 Å². The highest BCUT2D eigenvalue weighted by Crippen LogP contribution is 2.43. The Morgan fingerprint density at radius 1 is 1.11 bits per heavy atom. The van der Waals surface area contributed by atoms with Crippen LogP contribution in [0.3, 0.4) is 0 Å². The lowest BCUT2D eigenvalue weighted by Crippen LogP contribution is -2.49. The normalized spacial score (nSPS) is 21.2. The number of benzene rings is 2. The molecule has 0 aromatic heterocycles. The molecule has 3 fully saturated rings. The Balaban J connectivity index is 1.30. The molecule has 2 saturated heterocycles. The molecule has 1 atom stereocenters. The van der Waals surface area contributed by atoms with Crippen LogP contribution in [0.1, 0.15) is 52.2 Å². The molecule has 0 spiro atoms. The fourth-order valence-corrected chi connectivity index (χ4v) is 6.16. The van der Waals surface area contributed by atoms with Gasteiger partial charge in [-0.2, -0.15) is 12.7 Å². The molecule has 2 aromatic carbocycles. The predicted octanol–water partition coefficient (Wildman–Crippen LogP) is 3.62. The summed E-state index contributed by atoms with van der Waals surface area (Å²) < 4.78 is 62.1. The van der Waals surface area contributed by atoms with E-state index >= 15 is 4.39 Å².